The van der Waals surface area contributed by atoms with Crippen LogP contribution in [0.3, 0.4) is 0 Å². The Morgan fingerprint density at radius 2 is 1.91 bits per heavy atom. The van der Waals surface area contributed by atoms with Gasteiger partial charge in [0.2, 0.25) is 5.91 Å². The van der Waals surface area contributed by atoms with E-state index in [0.29, 0.717) is 10.3 Å². The van der Waals surface area contributed by atoms with E-state index in [1.165, 1.54) is 23.1 Å². The van der Waals surface area contributed by atoms with Gasteiger partial charge in [-0.3, -0.25) is 9.20 Å². The Balaban J connectivity index is 1.32. The highest BCUT2D eigenvalue weighted by atomic mass is 32.2. The molecule has 1 atom stereocenters. The number of carbonyl (C=O) groups is 1. The lowest BCUT2D eigenvalue weighted by Crippen LogP contribution is -2.22. The molecule has 5 rings (SSSR count). The molecule has 0 saturated carbocycles. The van der Waals surface area contributed by atoms with E-state index in [4.69, 9.17) is 4.74 Å². The summed E-state index contributed by atoms with van der Waals surface area (Å²) in [7, 11) is 1.63. The van der Waals surface area contributed by atoms with E-state index in [0.717, 1.165) is 33.6 Å². The molecule has 7 nitrogen and oxygen atoms in total. The van der Waals surface area contributed by atoms with E-state index in [-0.39, 0.29) is 11.2 Å². The number of benzene rings is 2. The van der Waals surface area contributed by atoms with Crippen LogP contribution < -0.4 is 10.1 Å². The van der Waals surface area contributed by atoms with Crippen LogP contribution in [0.5, 0.6) is 5.75 Å². The Labute approximate surface area is 192 Å². The van der Waals surface area contributed by atoms with Gasteiger partial charge < -0.3 is 10.1 Å². The molecule has 0 spiro atoms. The summed E-state index contributed by atoms with van der Waals surface area (Å²) in [6.07, 6.45) is 0. The second-order valence-electron chi connectivity index (χ2n) is 7.08. The number of aromatic nitrogens is 4. The molecule has 0 fully saturated rings. The number of anilines is 1. The summed E-state index contributed by atoms with van der Waals surface area (Å²) in [6, 6.07) is 19.7. The van der Waals surface area contributed by atoms with Crippen molar-refractivity contribution in [2.75, 3.05) is 12.4 Å². The molecule has 1 amide bonds. The molecule has 9 heteroatoms. The molecule has 0 bridgehead atoms. The zero-order chi connectivity index (χ0) is 22.1. The van der Waals surface area contributed by atoms with Crippen molar-refractivity contribution >= 4 is 50.7 Å². The van der Waals surface area contributed by atoms with Gasteiger partial charge in [-0.05, 0) is 54.8 Å². The molecule has 0 saturated heterocycles. The number of thioether (sulfide) groups is 1. The molecule has 2 aromatic carbocycles. The molecule has 3 aromatic heterocycles. The summed E-state index contributed by atoms with van der Waals surface area (Å²) in [4.78, 5) is 17.4. The second-order valence-corrected chi connectivity index (χ2v) is 9.25. The van der Waals surface area contributed by atoms with Crippen molar-refractivity contribution in [3.05, 3.63) is 66.0 Å². The van der Waals surface area contributed by atoms with E-state index in [1.54, 1.807) is 7.11 Å². The Morgan fingerprint density at radius 3 is 2.72 bits per heavy atom. The topological polar surface area (TPSA) is 81.4 Å². The number of carbonyl (C=O) groups excluding carboxylic acids is 1. The predicted octanol–water partition coefficient (Wildman–Crippen LogP) is 5.13. The van der Waals surface area contributed by atoms with Crippen LogP contribution in [0.2, 0.25) is 0 Å². The average molecular weight is 462 g/mol. The second kappa shape index (κ2) is 8.60. The van der Waals surface area contributed by atoms with Crippen LogP contribution in [0, 0.1) is 0 Å². The predicted molar refractivity (Wildman–Crippen MR) is 129 cm³/mol. The van der Waals surface area contributed by atoms with Crippen LogP contribution in [0.15, 0.2) is 71.2 Å². The van der Waals surface area contributed by atoms with Gasteiger partial charge in [0.1, 0.15) is 5.75 Å². The molecule has 0 aliphatic rings. The van der Waals surface area contributed by atoms with E-state index in [2.05, 4.69) is 20.5 Å². The van der Waals surface area contributed by atoms with Crippen LogP contribution in [-0.2, 0) is 4.79 Å². The lowest BCUT2D eigenvalue weighted by Gasteiger charge is -2.10. The zero-order valence-corrected chi connectivity index (χ0v) is 19.0. The molecule has 32 heavy (non-hydrogen) atoms. The van der Waals surface area contributed by atoms with E-state index >= 15 is 0 Å². The number of hydrogen-bond acceptors (Lipinski definition) is 7. The fourth-order valence-electron chi connectivity index (χ4n) is 3.33. The summed E-state index contributed by atoms with van der Waals surface area (Å²) in [5.74, 6) is 0.653. The van der Waals surface area contributed by atoms with Gasteiger partial charge in [-0.2, -0.15) is 0 Å². The van der Waals surface area contributed by atoms with Crippen LogP contribution in [-0.4, -0.2) is 37.8 Å². The Bertz CT molecular complexity index is 1410. The maximum absolute atomic E-state index is 12.8. The zero-order valence-electron chi connectivity index (χ0n) is 17.4. The van der Waals surface area contributed by atoms with Crippen molar-refractivity contribution in [3.8, 4) is 17.0 Å². The molecule has 160 valence electrons. The van der Waals surface area contributed by atoms with Gasteiger partial charge in [0.15, 0.2) is 15.9 Å². The van der Waals surface area contributed by atoms with Crippen molar-refractivity contribution in [2.45, 2.75) is 17.3 Å². The minimum Gasteiger partial charge on any atom is -0.497 e. The molecular weight excluding hydrogens is 442 g/mol. The number of amides is 1. The fraction of sp³-hybridized carbons (Fsp3) is 0.130. The molecule has 0 radical (unpaired) electrons. The minimum absolute atomic E-state index is 0.136. The third kappa shape index (κ3) is 3.92. The summed E-state index contributed by atoms with van der Waals surface area (Å²) in [5.41, 5.74) is 3.53. The molecule has 5 aromatic rings. The smallest absolute Gasteiger partial charge is 0.239 e. The van der Waals surface area contributed by atoms with Gasteiger partial charge in [-0.25, -0.2) is 4.98 Å². The third-order valence-corrected chi connectivity index (χ3v) is 6.82. The summed E-state index contributed by atoms with van der Waals surface area (Å²) in [5, 5.41) is 15.4. The number of hydrogen-bond donors (Lipinski definition) is 1. The van der Waals surface area contributed by atoms with E-state index < -0.39 is 0 Å². The summed E-state index contributed by atoms with van der Waals surface area (Å²) >= 11 is 2.77. The normalized spacial score (nSPS) is 12.2. The van der Waals surface area contributed by atoms with Crippen molar-refractivity contribution in [1.29, 1.82) is 0 Å². The number of nitrogens with one attached hydrogen (secondary N) is 1. The first-order valence-electron chi connectivity index (χ1n) is 9.93. The lowest BCUT2D eigenvalue weighted by atomic mass is 10.2. The van der Waals surface area contributed by atoms with Crippen LogP contribution >= 0.6 is 23.1 Å². The first kappa shape index (κ1) is 20.5. The van der Waals surface area contributed by atoms with Crippen molar-refractivity contribution in [1.82, 2.24) is 19.6 Å². The van der Waals surface area contributed by atoms with Gasteiger partial charge >= 0.3 is 0 Å². The van der Waals surface area contributed by atoms with Crippen molar-refractivity contribution < 1.29 is 9.53 Å². The number of methoxy groups -OCH3 is 1. The minimum atomic E-state index is -0.380. The lowest BCUT2D eigenvalue weighted by molar-refractivity contribution is -0.115. The maximum Gasteiger partial charge on any atom is 0.239 e. The van der Waals surface area contributed by atoms with Crippen molar-refractivity contribution in [2.24, 2.45) is 0 Å². The van der Waals surface area contributed by atoms with Crippen molar-refractivity contribution in [3.63, 3.8) is 0 Å². The van der Waals surface area contributed by atoms with E-state index in [1.807, 2.05) is 77.4 Å². The monoisotopic (exact) mass is 461 g/mol. The SMILES string of the molecule is COc1ccc(-c2csc(NC(=O)C(C)Sc3nnc4ccc5ccccc5n34)n2)cc1. The first-order valence-corrected chi connectivity index (χ1v) is 11.7. The van der Waals surface area contributed by atoms with Gasteiger partial charge in [-0.15, -0.1) is 21.5 Å². The summed E-state index contributed by atoms with van der Waals surface area (Å²) in [6.45, 7) is 1.85. The number of fused-ring (bicyclic) bond motifs is 3. The number of ether oxygens (including phenoxy) is 1. The highest BCUT2D eigenvalue weighted by molar-refractivity contribution is 8.00. The number of rotatable bonds is 6. The fourth-order valence-corrected chi connectivity index (χ4v) is 4.92. The maximum atomic E-state index is 12.8. The Hall–Kier alpha value is -3.43. The number of thiazole rings is 1. The Morgan fingerprint density at radius 1 is 1.09 bits per heavy atom. The molecule has 1 unspecified atom stereocenters. The highest BCUT2D eigenvalue weighted by Gasteiger charge is 2.20. The first-order chi connectivity index (χ1) is 15.6. The van der Waals surface area contributed by atoms with Crippen LogP contribution in [0.1, 0.15) is 6.92 Å². The molecular formula is C23H19N5O2S2. The van der Waals surface area contributed by atoms with Crippen LogP contribution in [0.4, 0.5) is 5.13 Å². The quantitative estimate of drug-likeness (QED) is 0.353. The highest BCUT2D eigenvalue weighted by Crippen LogP contribution is 2.29. The average Bonchev–Trinajstić information content (AvgIpc) is 3.46. The summed E-state index contributed by atoms with van der Waals surface area (Å²) < 4.78 is 7.18. The van der Waals surface area contributed by atoms with Crippen LogP contribution in [0.25, 0.3) is 27.8 Å². The largest absolute Gasteiger partial charge is 0.497 e. The van der Waals surface area contributed by atoms with E-state index in [9.17, 15) is 4.79 Å². The van der Waals surface area contributed by atoms with Gasteiger partial charge in [-0.1, -0.05) is 30.0 Å². The number of para-hydroxylation sites is 1. The van der Waals surface area contributed by atoms with Gasteiger partial charge in [0.25, 0.3) is 0 Å². The molecule has 0 aliphatic heterocycles. The third-order valence-electron chi connectivity index (χ3n) is 5.02. The van der Waals surface area contributed by atoms with Gasteiger partial charge in [0, 0.05) is 10.9 Å². The molecule has 1 N–H and O–H groups in total. The van der Waals surface area contributed by atoms with Gasteiger partial charge in [0.05, 0.1) is 23.6 Å². The molecule has 3 heterocycles. The number of nitrogens with zero attached hydrogens (tertiary/aromatic N) is 4. The molecule has 0 aliphatic carbocycles. The Kier molecular flexibility index (Phi) is 5.50. The standard InChI is InChI=1S/C23H19N5O2S2/c1-14(32-23-27-26-20-12-9-16-5-3-4-6-19(16)28(20)23)21(29)25-22-24-18(13-31-22)15-7-10-17(30-2)11-8-15/h3-14H,1-2H3,(H,24,25,29). The number of pyridine rings is 1.